The summed E-state index contributed by atoms with van der Waals surface area (Å²) < 4.78 is 30.4. The van der Waals surface area contributed by atoms with Crippen LogP contribution in [-0.4, -0.2) is 117 Å². The second-order valence-corrected chi connectivity index (χ2v) is 21.0. The fourth-order valence-corrected chi connectivity index (χ4v) is 10.3. The minimum absolute atomic E-state index is 0.0459. The molecule has 5 aliphatic rings. The van der Waals surface area contributed by atoms with Crippen molar-refractivity contribution >= 4 is 24.4 Å². The van der Waals surface area contributed by atoms with Gasteiger partial charge in [0.15, 0.2) is 6.23 Å². The van der Waals surface area contributed by atoms with E-state index in [2.05, 4.69) is 65.8 Å². The number of nitrogens with zero attached hydrogens (tertiary/aromatic N) is 3. The van der Waals surface area contributed by atoms with E-state index >= 15 is 0 Å². The molecule has 0 aliphatic carbocycles. The van der Waals surface area contributed by atoms with Crippen LogP contribution in [0.4, 0.5) is 4.79 Å². The molecule has 386 valence electrons. The molecule has 7 rings (SSSR count). The lowest BCUT2D eigenvalue weighted by Crippen LogP contribution is -2.49. The van der Waals surface area contributed by atoms with Crippen LogP contribution >= 0.6 is 0 Å². The van der Waals surface area contributed by atoms with E-state index in [1.165, 1.54) is 33.3 Å². The van der Waals surface area contributed by atoms with Gasteiger partial charge in [0.1, 0.15) is 34.2 Å². The van der Waals surface area contributed by atoms with Crippen LogP contribution in [0.5, 0.6) is 23.0 Å². The Morgan fingerprint density at radius 3 is 1.89 bits per heavy atom. The Hall–Kier alpha value is -5.64. The van der Waals surface area contributed by atoms with E-state index in [1.807, 2.05) is 13.8 Å². The van der Waals surface area contributed by atoms with E-state index in [0.717, 1.165) is 25.7 Å². The molecule has 1 fully saturated rings. The number of rotatable bonds is 20. The quantitative estimate of drug-likeness (QED) is 0.0846. The van der Waals surface area contributed by atoms with Gasteiger partial charge in [0, 0.05) is 61.2 Å². The van der Waals surface area contributed by atoms with Crippen LogP contribution in [0.15, 0.2) is 58.7 Å². The zero-order valence-corrected chi connectivity index (χ0v) is 43.1. The second-order valence-electron chi connectivity index (χ2n) is 21.0. The molecule has 2 aromatic carbocycles. The standard InChI is InChI=1S/C56H75N3O12/c1-35(2)14-9-16-37(5)18-11-21-55(7)47(62)30-41-45(61)28-39-44(50(41)70-55)33-59(53(39)65)49(68-34-60)20-13-23-58-32-43-40(52(58)64)29-46(69-54(66)57-24-26-67-27-25-57)42-31-48(63)56(8,71-51(42)43)22-12-19-38(6)17-10-15-36(3)4/h14-15,18-19,28-29,34,47-49,61-63H,9-13,16-17,20-27,30-33H2,1-8H3/b37-18+,38-19+/t47-,48-,49+,55+,56+/m0/s1. The molecule has 3 amide bonds. The highest BCUT2D eigenvalue weighted by Gasteiger charge is 2.47. The largest absolute Gasteiger partial charge is 0.508 e. The summed E-state index contributed by atoms with van der Waals surface area (Å²) in [5.41, 5.74) is 5.78. The first-order chi connectivity index (χ1) is 33.8. The fourth-order valence-electron chi connectivity index (χ4n) is 10.3. The number of phenols is 1. The highest BCUT2D eigenvalue weighted by Crippen LogP contribution is 2.49. The molecule has 0 aromatic heterocycles. The number of aromatic hydroxyl groups is 1. The number of ether oxygens (including phenoxy) is 5. The maximum Gasteiger partial charge on any atom is 0.415 e. The van der Waals surface area contributed by atoms with E-state index in [1.54, 1.807) is 15.9 Å². The van der Waals surface area contributed by atoms with Crippen LogP contribution in [0, 0.1) is 0 Å². The fraction of sp³-hybridized carbons (Fsp3) is 0.571. The predicted octanol–water partition coefficient (Wildman–Crippen LogP) is 9.17. The first kappa shape index (κ1) is 53.2. The zero-order chi connectivity index (χ0) is 51.2. The number of amides is 3. The lowest BCUT2D eigenvalue weighted by molar-refractivity contribution is -0.141. The van der Waals surface area contributed by atoms with Gasteiger partial charge in [-0.25, -0.2) is 4.79 Å². The summed E-state index contributed by atoms with van der Waals surface area (Å²) in [6.07, 6.45) is 12.4. The van der Waals surface area contributed by atoms with Gasteiger partial charge in [0.25, 0.3) is 18.3 Å². The van der Waals surface area contributed by atoms with E-state index in [9.17, 15) is 34.5 Å². The van der Waals surface area contributed by atoms with E-state index in [0.29, 0.717) is 104 Å². The SMILES string of the molecule is CC(C)=CCC/C(C)=C/CC[C@@]1(C)Oc2c(c(O)cc3c2CN([C@@H](CCCN2Cc4c(cc(OC(=O)N5CCOCC5)c5c4O[C@](C)(CC/C=C(\C)CCC=C(C)C)[C@@H](O)C5)C2=O)OC=O)C3=O)C[C@@H]1O. The Bertz CT molecular complexity index is 2460. The highest BCUT2D eigenvalue weighted by atomic mass is 16.6. The van der Waals surface area contributed by atoms with Crippen LogP contribution in [0.25, 0.3) is 0 Å². The number of hydrogen-bond donors (Lipinski definition) is 3. The van der Waals surface area contributed by atoms with Gasteiger partial charge in [-0.1, -0.05) is 46.6 Å². The number of benzene rings is 2. The number of morpholine rings is 1. The molecule has 5 heterocycles. The van der Waals surface area contributed by atoms with E-state index in [-0.39, 0.29) is 61.9 Å². The molecule has 3 N–H and O–H groups in total. The van der Waals surface area contributed by atoms with Gasteiger partial charge in [-0.3, -0.25) is 19.3 Å². The van der Waals surface area contributed by atoms with Crippen LogP contribution in [0.1, 0.15) is 163 Å². The smallest absolute Gasteiger partial charge is 0.415 e. The Labute approximate surface area is 419 Å². The molecule has 0 saturated carbocycles. The average Bonchev–Trinajstić information content (AvgIpc) is 3.81. The summed E-state index contributed by atoms with van der Waals surface area (Å²) in [5, 5.41) is 34.2. The predicted molar refractivity (Wildman–Crippen MR) is 269 cm³/mol. The lowest BCUT2D eigenvalue weighted by atomic mass is 9.84. The maximum atomic E-state index is 14.3. The molecule has 5 atom stereocenters. The number of hydrogen-bond acceptors (Lipinski definition) is 12. The van der Waals surface area contributed by atoms with Crippen LogP contribution in [0.2, 0.25) is 0 Å². The molecule has 2 aromatic rings. The third-order valence-electron chi connectivity index (χ3n) is 14.8. The van der Waals surface area contributed by atoms with Crippen molar-refractivity contribution in [2.45, 2.75) is 175 Å². The molecule has 71 heavy (non-hydrogen) atoms. The molecule has 0 bridgehead atoms. The zero-order valence-electron chi connectivity index (χ0n) is 43.1. The normalized spacial score (nSPS) is 23.2. The van der Waals surface area contributed by atoms with Gasteiger partial charge in [0.2, 0.25) is 0 Å². The summed E-state index contributed by atoms with van der Waals surface area (Å²) in [7, 11) is 0. The Kier molecular flexibility index (Phi) is 17.1. The summed E-state index contributed by atoms with van der Waals surface area (Å²) in [5.74, 6) is 0.0733. The van der Waals surface area contributed by atoms with Crippen molar-refractivity contribution in [1.29, 1.82) is 0 Å². The van der Waals surface area contributed by atoms with Crippen LogP contribution in [0.3, 0.4) is 0 Å². The first-order valence-electron chi connectivity index (χ1n) is 25.4. The summed E-state index contributed by atoms with van der Waals surface area (Å²) >= 11 is 0. The lowest BCUT2D eigenvalue weighted by Gasteiger charge is -2.41. The molecule has 0 unspecified atom stereocenters. The van der Waals surface area contributed by atoms with Gasteiger partial charge in [0.05, 0.1) is 49.6 Å². The molecule has 5 aliphatic heterocycles. The minimum Gasteiger partial charge on any atom is -0.508 e. The van der Waals surface area contributed by atoms with Crippen LogP contribution < -0.4 is 14.2 Å². The van der Waals surface area contributed by atoms with Crippen molar-refractivity contribution in [3.8, 4) is 23.0 Å². The summed E-state index contributed by atoms with van der Waals surface area (Å²) in [6, 6.07) is 2.98. The molecule has 0 radical (unpaired) electrons. The van der Waals surface area contributed by atoms with Crippen molar-refractivity contribution < 1.29 is 58.2 Å². The number of carbonyl (C=O) groups excluding carboxylic acids is 4. The minimum atomic E-state index is -1.00. The Balaban J connectivity index is 1.05. The van der Waals surface area contributed by atoms with Crippen molar-refractivity contribution in [3.05, 3.63) is 92.1 Å². The molecular weight excluding hydrogens is 907 g/mol. The number of allylic oxidation sites excluding steroid dienone is 8. The molecule has 15 heteroatoms. The number of aliphatic hydroxyl groups excluding tert-OH is 2. The number of aliphatic hydroxyl groups is 2. The van der Waals surface area contributed by atoms with Gasteiger partial charge in [-0.15, -0.1) is 0 Å². The summed E-state index contributed by atoms with van der Waals surface area (Å²) in [4.78, 5) is 58.5. The van der Waals surface area contributed by atoms with Gasteiger partial charge >= 0.3 is 6.09 Å². The van der Waals surface area contributed by atoms with Crippen molar-refractivity contribution in [2.75, 3.05) is 32.8 Å². The highest BCUT2D eigenvalue weighted by molar-refractivity contribution is 6.01. The summed E-state index contributed by atoms with van der Waals surface area (Å²) in [6.45, 7) is 18.5. The van der Waals surface area contributed by atoms with Gasteiger partial charge < -0.3 is 48.8 Å². The Morgan fingerprint density at radius 2 is 1.31 bits per heavy atom. The van der Waals surface area contributed by atoms with E-state index in [4.69, 9.17) is 23.7 Å². The van der Waals surface area contributed by atoms with Crippen LogP contribution in [-0.2, 0) is 40.2 Å². The average molecular weight is 982 g/mol. The third-order valence-corrected chi connectivity index (χ3v) is 14.8. The molecule has 15 nitrogen and oxygen atoms in total. The maximum absolute atomic E-state index is 14.3. The van der Waals surface area contributed by atoms with Crippen molar-refractivity contribution in [3.63, 3.8) is 0 Å². The second kappa shape index (κ2) is 22.8. The number of carbonyl (C=O) groups is 4. The molecule has 0 spiro atoms. The third kappa shape index (κ3) is 12.2. The topological polar surface area (TPSA) is 185 Å². The number of phenolic OH excluding ortho intramolecular Hbond substituents is 1. The van der Waals surface area contributed by atoms with Gasteiger partial charge in [-0.2, -0.15) is 0 Å². The molecule has 1 saturated heterocycles. The van der Waals surface area contributed by atoms with Gasteiger partial charge in [-0.05, 0) is 125 Å². The van der Waals surface area contributed by atoms with Crippen molar-refractivity contribution in [1.82, 2.24) is 14.7 Å². The van der Waals surface area contributed by atoms with E-state index < -0.39 is 41.6 Å². The Morgan fingerprint density at radius 1 is 0.761 bits per heavy atom. The monoisotopic (exact) mass is 982 g/mol. The number of fused-ring (bicyclic) bond motifs is 6. The first-order valence-corrected chi connectivity index (χ1v) is 25.4. The molecular formula is C56H75N3O12. The van der Waals surface area contributed by atoms with Crippen molar-refractivity contribution in [2.24, 2.45) is 0 Å².